The number of aromatic nitrogens is 2. The van der Waals surface area contributed by atoms with E-state index >= 15 is 0 Å². The number of carbonyl (C=O) groups is 2. The predicted octanol–water partition coefficient (Wildman–Crippen LogP) is 1.87. The Kier molecular flexibility index (Phi) is 3.54. The predicted molar refractivity (Wildman–Crippen MR) is 89.7 cm³/mol. The van der Waals surface area contributed by atoms with E-state index in [1.165, 1.54) is 23.9 Å². The number of rotatable bonds is 3. The molecule has 130 valence electrons. The van der Waals surface area contributed by atoms with E-state index in [2.05, 4.69) is 21.0 Å². The third-order valence-corrected chi connectivity index (χ3v) is 5.94. The van der Waals surface area contributed by atoms with E-state index in [-0.39, 0.29) is 23.2 Å². The van der Waals surface area contributed by atoms with Crippen LogP contribution in [-0.2, 0) is 7.05 Å². The first kappa shape index (κ1) is 15.5. The van der Waals surface area contributed by atoms with Gasteiger partial charge in [-0.25, -0.2) is 4.79 Å². The minimum atomic E-state index is -0.305. The van der Waals surface area contributed by atoms with Crippen molar-refractivity contribution in [1.82, 2.24) is 20.4 Å². The van der Waals surface area contributed by atoms with Gasteiger partial charge in [-0.15, -0.1) is 0 Å². The topological polar surface area (TPSA) is 88.1 Å². The van der Waals surface area contributed by atoms with E-state index < -0.39 is 0 Å². The van der Waals surface area contributed by atoms with Crippen LogP contribution in [0.25, 0.3) is 0 Å². The SMILES string of the molecule is CNC(=O)c1nn(C)cc1NC(=O)NC12CC3CC(CC(C3)C1)C2. The molecule has 0 radical (unpaired) electrons. The number of nitrogens with zero attached hydrogens (tertiary/aromatic N) is 2. The number of amides is 3. The summed E-state index contributed by atoms with van der Waals surface area (Å²) >= 11 is 0. The lowest BCUT2D eigenvalue weighted by molar-refractivity contribution is -0.0127. The van der Waals surface area contributed by atoms with Gasteiger partial charge in [-0.2, -0.15) is 5.10 Å². The molecule has 4 aliphatic carbocycles. The molecule has 0 aromatic carbocycles. The van der Waals surface area contributed by atoms with Gasteiger partial charge >= 0.3 is 6.03 Å². The maximum atomic E-state index is 12.6. The summed E-state index contributed by atoms with van der Waals surface area (Å²) in [5.41, 5.74) is 0.633. The van der Waals surface area contributed by atoms with E-state index in [1.54, 1.807) is 20.3 Å². The number of carbonyl (C=O) groups excluding carboxylic acids is 2. The standard InChI is InChI=1S/C17H25N5O2/c1-18-15(23)14-13(9-22(2)21-14)19-16(24)20-17-6-10-3-11(7-17)5-12(4-10)8-17/h9-12H,3-8H2,1-2H3,(H,18,23)(H2,19,20,24). The lowest BCUT2D eigenvalue weighted by Crippen LogP contribution is -2.60. The molecule has 0 spiro atoms. The Morgan fingerprint density at radius 1 is 1.17 bits per heavy atom. The Bertz CT molecular complexity index is 645. The number of nitrogens with one attached hydrogen (secondary N) is 3. The highest BCUT2D eigenvalue weighted by Gasteiger charge is 2.51. The van der Waals surface area contributed by atoms with Gasteiger partial charge in [0.2, 0.25) is 0 Å². The molecule has 3 N–H and O–H groups in total. The highest BCUT2D eigenvalue weighted by atomic mass is 16.2. The zero-order chi connectivity index (χ0) is 16.9. The third-order valence-electron chi connectivity index (χ3n) is 5.94. The third kappa shape index (κ3) is 2.65. The Labute approximate surface area is 141 Å². The van der Waals surface area contributed by atoms with Crippen LogP contribution in [0.15, 0.2) is 6.20 Å². The molecule has 1 heterocycles. The highest BCUT2D eigenvalue weighted by Crippen LogP contribution is 2.55. The molecule has 0 saturated heterocycles. The number of anilines is 1. The molecule has 4 aliphatic rings. The Morgan fingerprint density at radius 3 is 2.29 bits per heavy atom. The average Bonchev–Trinajstić information content (AvgIpc) is 2.84. The molecule has 4 saturated carbocycles. The summed E-state index contributed by atoms with van der Waals surface area (Å²) in [7, 11) is 3.28. The molecule has 5 rings (SSSR count). The molecule has 1 aromatic rings. The van der Waals surface area contributed by atoms with Crippen molar-refractivity contribution in [3.05, 3.63) is 11.9 Å². The molecule has 4 bridgehead atoms. The lowest BCUT2D eigenvalue weighted by Gasteiger charge is -2.56. The summed E-state index contributed by atoms with van der Waals surface area (Å²) in [6.07, 6.45) is 8.97. The second-order valence-corrected chi connectivity index (χ2v) is 7.92. The van der Waals surface area contributed by atoms with Crippen LogP contribution in [0.4, 0.5) is 10.5 Å². The minimum absolute atomic E-state index is 0.0474. The van der Waals surface area contributed by atoms with Crippen LogP contribution in [-0.4, -0.2) is 34.3 Å². The first-order valence-electron chi connectivity index (χ1n) is 8.81. The van der Waals surface area contributed by atoms with Crippen LogP contribution in [0.1, 0.15) is 49.0 Å². The number of hydrogen-bond acceptors (Lipinski definition) is 3. The first-order chi connectivity index (χ1) is 11.5. The number of aryl methyl sites for hydroxylation is 1. The van der Waals surface area contributed by atoms with Crippen molar-refractivity contribution < 1.29 is 9.59 Å². The Hall–Kier alpha value is -2.05. The van der Waals surface area contributed by atoms with Crippen molar-refractivity contribution in [3.63, 3.8) is 0 Å². The molecule has 0 atom stereocenters. The Balaban J connectivity index is 1.47. The van der Waals surface area contributed by atoms with Gasteiger partial charge in [0.1, 0.15) is 0 Å². The zero-order valence-electron chi connectivity index (χ0n) is 14.3. The second kappa shape index (κ2) is 5.50. The van der Waals surface area contributed by atoms with E-state index in [9.17, 15) is 9.59 Å². The molecule has 4 fully saturated rings. The number of hydrogen-bond donors (Lipinski definition) is 3. The van der Waals surface area contributed by atoms with Crippen LogP contribution in [0.5, 0.6) is 0 Å². The van der Waals surface area contributed by atoms with Crippen LogP contribution in [0.2, 0.25) is 0 Å². The fourth-order valence-electron chi connectivity index (χ4n) is 5.52. The molecule has 7 nitrogen and oxygen atoms in total. The second-order valence-electron chi connectivity index (χ2n) is 7.92. The van der Waals surface area contributed by atoms with Gasteiger partial charge in [0.15, 0.2) is 5.69 Å². The normalized spacial score (nSPS) is 33.3. The van der Waals surface area contributed by atoms with Gasteiger partial charge in [0, 0.05) is 25.8 Å². The quantitative estimate of drug-likeness (QED) is 0.790. The molecule has 1 aromatic heterocycles. The fraction of sp³-hybridized carbons (Fsp3) is 0.706. The maximum absolute atomic E-state index is 12.6. The summed E-state index contributed by atoms with van der Waals surface area (Å²) < 4.78 is 1.53. The van der Waals surface area contributed by atoms with Crippen LogP contribution >= 0.6 is 0 Å². The van der Waals surface area contributed by atoms with Gasteiger partial charge in [0.05, 0.1) is 5.69 Å². The molecule has 3 amide bonds. The maximum Gasteiger partial charge on any atom is 0.319 e. The van der Waals surface area contributed by atoms with E-state index in [4.69, 9.17) is 0 Å². The van der Waals surface area contributed by atoms with Gasteiger partial charge in [-0.3, -0.25) is 9.48 Å². The monoisotopic (exact) mass is 331 g/mol. The summed E-state index contributed by atoms with van der Waals surface area (Å²) in [4.78, 5) is 24.5. The molecule has 0 unspecified atom stereocenters. The van der Waals surface area contributed by atoms with Gasteiger partial charge in [-0.1, -0.05) is 0 Å². The molecular weight excluding hydrogens is 306 g/mol. The van der Waals surface area contributed by atoms with Crippen molar-refractivity contribution in [2.75, 3.05) is 12.4 Å². The van der Waals surface area contributed by atoms with Crippen LogP contribution in [0, 0.1) is 17.8 Å². The summed E-state index contributed by atoms with van der Waals surface area (Å²) in [6.45, 7) is 0. The fourth-order valence-corrected chi connectivity index (χ4v) is 5.52. The summed E-state index contributed by atoms with van der Waals surface area (Å²) in [6, 6.07) is -0.227. The summed E-state index contributed by atoms with van der Waals surface area (Å²) in [5, 5.41) is 12.7. The average molecular weight is 331 g/mol. The van der Waals surface area contributed by atoms with Crippen molar-refractivity contribution >= 4 is 17.6 Å². The van der Waals surface area contributed by atoms with Crippen molar-refractivity contribution in [2.45, 2.75) is 44.1 Å². The van der Waals surface area contributed by atoms with E-state index in [0.717, 1.165) is 37.0 Å². The first-order valence-corrected chi connectivity index (χ1v) is 8.81. The zero-order valence-corrected chi connectivity index (χ0v) is 14.3. The molecule has 0 aliphatic heterocycles. The van der Waals surface area contributed by atoms with Crippen molar-refractivity contribution in [3.8, 4) is 0 Å². The van der Waals surface area contributed by atoms with Crippen LogP contribution in [0.3, 0.4) is 0 Å². The summed E-state index contributed by atoms with van der Waals surface area (Å²) in [5.74, 6) is 2.02. The number of urea groups is 1. The van der Waals surface area contributed by atoms with Crippen LogP contribution < -0.4 is 16.0 Å². The smallest absolute Gasteiger partial charge is 0.319 e. The van der Waals surface area contributed by atoms with E-state index in [0.29, 0.717) is 5.69 Å². The molecule has 7 heteroatoms. The highest BCUT2D eigenvalue weighted by molar-refractivity contribution is 6.01. The lowest BCUT2D eigenvalue weighted by atomic mass is 9.53. The van der Waals surface area contributed by atoms with Gasteiger partial charge < -0.3 is 16.0 Å². The molecule has 24 heavy (non-hydrogen) atoms. The van der Waals surface area contributed by atoms with E-state index in [1.807, 2.05) is 0 Å². The Morgan fingerprint density at radius 2 is 1.75 bits per heavy atom. The molecular formula is C17H25N5O2. The van der Waals surface area contributed by atoms with Gasteiger partial charge in [0.25, 0.3) is 5.91 Å². The largest absolute Gasteiger partial charge is 0.354 e. The van der Waals surface area contributed by atoms with Crippen molar-refractivity contribution in [2.24, 2.45) is 24.8 Å². The van der Waals surface area contributed by atoms with Crippen molar-refractivity contribution in [1.29, 1.82) is 0 Å². The minimum Gasteiger partial charge on any atom is -0.354 e. The van der Waals surface area contributed by atoms with Gasteiger partial charge in [-0.05, 0) is 56.3 Å².